The molecule has 0 unspecified atom stereocenters. The van der Waals surface area contributed by atoms with Crippen LogP contribution in [0.4, 0.5) is 0 Å². The van der Waals surface area contributed by atoms with Gasteiger partial charge in [-0.1, -0.05) is 8.42 Å². The van der Waals surface area contributed by atoms with E-state index in [1.807, 2.05) is 0 Å². The average molecular weight is 362 g/mol. The van der Waals surface area contributed by atoms with Crippen molar-refractivity contribution in [3.63, 3.8) is 0 Å². The van der Waals surface area contributed by atoms with Crippen LogP contribution in [0.5, 0.6) is 0 Å². The molecule has 13 nitrogen and oxygen atoms in total. The van der Waals surface area contributed by atoms with Crippen LogP contribution in [0.15, 0.2) is 0 Å². The number of nitrogens with two attached hydrogens (primary N) is 9. The molecule has 0 heterocycles. The van der Waals surface area contributed by atoms with Crippen molar-refractivity contribution in [1.82, 2.24) is 0 Å². The smallest absolute Gasteiger partial charge is 0.693 e. The summed E-state index contributed by atoms with van der Waals surface area (Å²) in [4.78, 5) is 0. The van der Waals surface area contributed by atoms with Crippen molar-refractivity contribution in [2.45, 2.75) is 0 Å². The Morgan fingerprint density at radius 2 is 0.500 bits per heavy atom. The van der Waals surface area contributed by atoms with E-state index in [1.165, 1.54) is 0 Å². The minimum atomic E-state index is -4.17. The van der Waals surface area contributed by atoms with E-state index in [2.05, 4.69) is 0 Å². The Labute approximate surface area is 117 Å². The minimum Gasteiger partial charge on any atom is -0.693 e. The van der Waals surface area contributed by atoms with E-state index >= 15 is 0 Å². The van der Waals surface area contributed by atoms with Gasteiger partial charge in [0.05, 0.1) is 0 Å². The summed E-state index contributed by atoms with van der Waals surface area (Å²) in [6.45, 7) is 0. The minimum absolute atomic E-state index is 0. The van der Waals surface area contributed by atoms with Crippen LogP contribution in [-0.2, 0) is 44.0 Å². The largest absolute Gasteiger partial charge is 3.00 e. The van der Waals surface area contributed by atoms with Crippen molar-refractivity contribution in [1.29, 1.82) is 0 Å². The molecule has 0 aliphatic heterocycles. The molecule has 0 rings (SSSR count). The zero-order valence-electron chi connectivity index (χ0n) is 8.09. The van der Waals surface area contributed by atoms with Crippen molar-refractivity contribution in [3.8, 4) is 0 Å². The van der Waals surface area contributed by atoms with Crippen LogP contribution < -0.4 is 0 Å². The Kier molecular flexibility index (Phi) is 936. The fourth-order valence-electron chi connectivity index (χ4n) is 0. The summed E-state index contributed by atoms with van der Waals surface area (Å²) < 4.78 is 29.1. The Balaban J connectivity index is -0.00000000145. The van der Waals surface area contributed by atoms with Gasteiger partial charge in [0.25, 0.3) is 0 Å². The van der Waals surface area contributed by atoms with Crippen LogP contribution in [0.3, 0.4) is 0 Å². The summed E-state index contributed by atoms with van der Waals surface area (Å²) in [5.41, 5.74) is 0. The van der Waals surface area contributed by atoms with Crippen molar-refractivity contribution in [2.24, 2.45) is 0 Å². The van der Waals surface area contributed by atoms with Crippen LogP contribution >= 0.6 is 0 Å². The number of hydrogen-bond donors (Lipinski definition) is 0. The number of hydrogen-bond acceptors (Lipinski definition) is 2. The summed E-state index contributed by atoms with van der Waals surface area (Å²) in [6.07, 6.45) is 0. The van der Waals surface area contributed by atoms with Gasteiger partial charge in [-0.25, -0.2) is 0 Å². The molecule has 0 aliphatic rings. The quantitative estimate of drug-likeness (QED) is 0.572. The topological polar surface area (TPSA) is 381 Å². The third-order valence-electron chi connectivity index (χ3n) is 0. The van der Waals surface area contributed by atoms with Crippen LogP contribution in [-0.4, -0.2) is 17.5 Å². The molecule has 0 saturated heterocycles. The third-order valence-corrected chi connectivity index (χ3v) is 0. The maximum absolute atomic E-state index is 8.97. The van der Waals surface area contributed by atoms with Gasteiger partial charge < -0.3 is 55.4 Å². The Hall–Kier alpha value is 0.523. The summed E-state index contributed by atoms with van der Waals surface area (Å²) >= 11 is 0. The fraction of sp³-hybridized carbons (Fsp3) is 0. The summed E-state index contributed by atoms with van der Waals surface area (Å²) in [5, 5.41) is 0. The number of rotatable bonds is 0. The Morgan fingerprint density at radius 3 is 0.500 bits per heavy atom. The molecule has 0 aromatic heterocycles. The Morgan fingerprint density at radius 1 is 0.500 bits per heavy atom. The van der Waals surface area contributed by atoms with E-state index in [-0.39, 0.29) is 88.9 Å². The summed E-state index contributed by atoms with van der Waals surface area (Å²) in [6, 6.07) is 0. The van der Waals surface area contributed by atoms with E-state index in [4.69, 9.17) is 17.5 Å². The van der Waals surface area contributed by atoms with Gasteiger partial charge in [0, 0.05) is 0 Å². The maximum Gasteiger partial charge on any atom is 3.00 e. The second-order valence-corrected chi connectivity index (χ2v) is 1.51. The molecule has 0 spiro atoms. The Bertz CT molecular complexity index is 109. The van der Waals surface area contributed by atoms with Gasteiger partial charge in [-0.05, 0) is 0 Å². The molecule has 116 valence electrons. The van der Waals surface area contributed by atoms with E-state index < -0.39 is 10.4 Å². The molecular weight excluding hydrogens is 340 g/mol. The van der Waals surface area contributed by atoms with Gasteiger partial charge in [-0.3, -0.25) is 9.11 Å². The van der Waals surface area contributed by atoms with Crippen LogP contribution in [0, 0.1) is 0 Å². The molecule has 0 atom stereocenters. The predicted octanol–water partition coefficient (Wildman–Crippen LogP) is 4.13. The molecule has 0 aromatic carbocycles. The van der Waals surface area contributed by atoms with Gasteiger partial charge in [0.2, 0.25) is 0 Å². The summed E-state index contributed by atoms with van der Waals surface area (Å²) in [5.74, 6) is 0. The van der Waals surface area contributed by atoms with E-state index in [9.17, 15) is 0 Å². The molecule has 0 fully saturated rings. The predicted molar refractivity (Wildman–Crippen MR) is 63.7 cm³/mol. The maximum atomic E-state index is 8.97. The van der Waals surface area contributed by atoms with Crippen LogP contribution in [0.2, 0.25) is 0 Å². The van der Waals surface area contributed by atoms with Crippen LogP contribution in [0.1, 0.15) is 0 Å². The molecule has 0 aliphatic carbocycles. The monoisotopic (exact) mass is 362 g/mol. The SMILES string of the molecule is O=S(=O)([OH2+])[OH2+].[Co+3].[Co+3].[NH2-].[NH2-].[NH2-].[NH2-].[NH2-].[NH2-].[NH2-].[NH2-].[NH2-]. The molecular formula is H22Co2N9O4S-. The van der Waals surface area contributed by atoms with Gasteiger partial charge in [-0.2, -0.15) is 0 Å². The molecule has 16 heteroatoms. The summed E-state index contributed by atoms with van der Waals surface area (Å²) in [7, 11) is -4.17. The third kappa shape index (κ3) is 9710. The molecule has 0 amide bonds. The van der Waals surface area contributed by atoms with Crippen LogP contribution in [0.25, 0.3) is 55.4 Å². The second kappa shape index (κ2) is 76.9. The van der Waals surface area contributed by atoms with Crippen molar-refractivity contribution < 1.29 is 51.1 Å². The van der Waals surface area contributed by atoms with Gasteiger partial charge in [0.1, 0.15) is 0 Å². The van der Waals surface area contributed by atoms with Crippen molar-refractivity contribution >= 4 is 10.4 Å². The first-order valence-electron chi connectivity index (χ1n) is 0.742. The van der Waals surface area contributed by atoms with Gasteiger partial charge in [-0.15, -0.1) is 0 Å². The molecule has 16 heavy (non-hydrogen) atoms. The van der Waals surface area contributed by atoms with Crippen molar-refractivity contribution in [2.75, 3.05) is 0 Å². The zero-order chi connectivity index (χ0) is 4.50. The molecule has 22 N–H and O–H groups in total. The first-order valence-corrected chi connectivity index (χ1v) is 2.22. The molecule has 0 aromatic rings. The van der Waals surface area contributed by atoms with E-state index in [0.29, 0.717) is 0 Å². The fourth-order valence-corrected chi connectivity index (χ4v) is 0. The normalized spacial score (nSPS) is 3.62. The first-order chi connectivity index (χ1) is 2.00. The van der Waals surface area contributed by atoms with E-state index in [1.54, 1.807) is 0 Å². The standard InChI is InChI=1S/2Co.9H2N.H2O4S/c;;;;;;;;;;;1-5(2,3)4/h;;9*1H2;(H2,1,2,3,4)/q2*+3;9*-1;/p+2. The second-order valence-electron chi connectivity index (χ2n) is 0.503. The zero-order valence-corrected chi connectivity index (χ0v) is 11.0. The van der Waals surface area contributed by atoms with E-state index in [0.717, 1.165) is 0 Å². The first kappa shape index (κ1) is 195. The molecule has 0 bridgehead atoms. The molecule has 0 radical (unpaired) electrons. The van der Waals surface area contributed by atoms with Gasteiger partial charge >= 0.3 is 44.0 Å². The molecule has 0 saturated carbocycles. The van der Waals surface area contributed by atoms with Gasteiger partial charge in [0.15, 0.2) is 0 Å². The average Bonchev–Trinajstić information content (AvgIpc) is 0.722. The van der Waals surface area contributed by atoms with Crippen molar-refractivity contribution in [3.05, 3.63) is 55.4 Å².